The SMILES string of the molecule is N#Cc1ccc(-c2ccc(CCc3c(CCc4ccc(-c5ccc(C#N)cc5)cc4)c(CCc4ccc(-c5ccc(C#N)cc5)cc4)c4c(CCc5ccc(-c6ccc(C#N)cc6)cc5)c(CCc5ccc(-c6ccc(C#N)cc6)cc5)c(CCc5ccc(-c6ccc(C#N)cc6)cc5)c(CCc5ccc(-c6ccc(C#N)cc6)cc5)c4c3CCc3ccc(-c4ccc(C#N)cc4)cc3)cc2)cc1. The molecule has 0 saturated carbocycles. The maximum Gasteiger partial charge on any atom is 0.0991 e. The third-order valence-corrected chi connectivity index (χ3v) is 27.4. The van der Waals surface area contributed by atoms with Gasteiger partial charge in [-0.05, 0) is 389 Å². The average molecular weight is 1770 g/mol. The van der Waals surface area contributed by atoms with E-state index in [0.717, 1.165) is 166 Å². The smallest absolute Gasteiger partial charge is 0.0991 e. The van der Waals surface area contributed by atoms with Gasteiger partial charge in [-0.3, -0.25) is 0 Å². The van der Waals surface area contributed by atoms with Crippen LogP contribution in [0.15, 0.2) is 388 Å². The zero-order chi connectivity index (χ0) is 94.5. The van der Waals surface area contributed by atoms with Crippen LogP contribution < -0.4 is 0 Å². The predicted molar refractivity (Wildman–Crippen MR) is 556 cm³/mol. The Balaban J connectivity index is 0.909. The molecule has 0 amide bonds. The van der Waals surface area contributed by atoms with Crippen molar-refractivity contribution >= 4 is 10.8 Å². The van der Waals surface area contributed by atoms with Crippen molar-refractivity contribution in [1.82, 2.24) is 0 Å². The molecule has 0 atom stereocenters. The summed E-state index contributed by atoms with van der Waals surface area (Å²) in [7, 11) is 0. The van der Waals surface area contributed by atoms with E-state index in [9.17, 15) is 42.1 Å². The van der Waals surface area contributed by atoms with Crippen molar-refractivity contribution in [3.63, 3.8) is 0 Å². The number of rotatable bonds is 32. The molecule has 656 valence electrons. The molecule has 0 aliphatic heterocycles. The molecular weight excluding hydrogens is 1670 g/mol. The zero-order valence-electron chi connectivity index (χ0n) is 76.8. The van der Waals surface area contributed by atoms with E-state index in [-0.39, 0.29) is 0 Å². The number of aryl methyl sites for hydroxylation is 12. The second kappa shape index (κ2) is 43.2. The van der Waals surface area contributed by atoms with E-state index in [1.54, 1.807) is 0 Å². The first kappa shape index (κ1) is 90.7. The lowest BCUT2D eigenvalue weighted by atomic mass is 9.73. The maximum absolute atomic E-state index is 9.90. The van der Waals surface area contributed by atoms with Crippen LogP contribution in [0.25, 0.3) is 99.8 Å². The molecule has 8 nitrogen and oxygen atoms in total. The zero-order valence-corrected chi connectivity index (χ0v) is 76.8. The lowest BCUT2D eigenvalue weighted by Crippen LogP contribution is -2.17. The lowest BCUT2D eigenvalue weighted by Gasteiger charge is -2.31. The molecule has 0 radical (unpaired) electrons. The Hall–Kier alpha value is -17.9. The van der Waals surface area contributed by atoms with Crippen molar-refractivity contribution in [2.24, 2.45) is 0 Å². The van der Waals surface area contributed by atoms with Gasteiger partial charge in [-0.25, -0.2) is 0 Å². The lowest BCUT2D eigenvalue weighted by molar-refractivity contribution is 0.819. The first-order valence-electron chi connectivity index (χ1n) is 47.3. The van der Waals surface area contributed by atoms with E-state index in [1.807, 2.05) is 194 Å². The highest BCUT2D eigenvalue weighted by Gasteiger charge is 2.30. The van der Waals surface area contributed by atoms with Crippen molar-refractivity contribution < 1.29 is 0 Å². The van der Waals surface area contributed by atoms with E-state index in [4.69, 9.17) is 0 Å². The van der Waals surface area contributed by atoms with Crippen LogP contribution in [0.5, 0.6) is 0 Å². The fourth-order valence-corrected chi connectivity index (χ4v) is 19.6. The first-order valence-corrected chi connectivity index (χ1v) is 47.3. The number of benzene rings is 18. The van der Waals surface area contributed by atoms with Gasteiger partial charge in [0.25, 0.3) is 0 Å². The van der Waals surface area contributed by atoms with Gasteiger partial charge in [0.15, 0.2) is 0 Å². The summed E-state index contributed by atoms with van der Waals surface area (Å²) in [5.74, 6) is 0. The number of nitrogens with zero attached hydrogens (tertiary/aromatic N) is 8. The fourth-order valence-electron chi connectivity index (χ4n) is 19.6. The van der Waals surface area contributed by atoms with E-state index < -0.39 is 0 Å². The quantitative estimate of drug-likeness (QED) is 0.0398. The molecule has 0 aliphatic carbocycles. The molecule has 18 aromatic carbocycles. The minimum atomic E-state index is 0.614. The van der Waals surface area contributed by atoms with Gasteiger partial charge in [-0.15, -0.1) is 0 Å². The fraction of sp³-hybridized carbons (Fsp3) is 0.123. The summed E-state index contributed by atoms with van der Waals surface area (Å²) in [5.41, 5.74) is 42.5. The van der Waals surface area contributed by atoms with Gasteiger partial charge >= 0.3 is 0 Å². The topological polar surface area (TPSA) is 190 Å². The van der Waals surface area contributed by atoms with Crippen LogP contribution in [-0.2, 0) is 103 Å². The molecule has 18 aromatic rings. The highest BCUT2D eigenvalue weighted by atomic mass is 14.4. The Morgan fingerprint density at radius 3 is 0.283 bits per heavy atom. The van der Waals surface area contributed by atoms with Crippen molar-refractivity contribution in [3.8, 4) is 138 Å². The molecule has 138 heavy (non-hydrogen) atoms. The van der Waals surface area contributed by atoms with Gasteiger partial charge in [0.1, 0.15) is 0 Å². The van der Waals surface area contributed by atoms with Crippen LogP contribution >= 0.6 is 0 Å². The summed E-state index contributed by atoms with van der Waals surface area (Å²) in [5, 5.41) is 81.8. The van der Waals surface area contributed by atoms with Crippen molar-refractivity contribution in [3.05, 3.63) is 522 Å². The molecule has 0 N–H and O–H groups in total. The van der Waals surface area contributed by atoms with Crippen molar-refractivity contribution in [2.75, 3.05) is 0 Å². The normalized spacial score (nSPS) is 10.9. The summed E-state index contributed by atoms with van der Waals surface area (Å²) in [6.07, 6.45) is 11.7. The largest absolute Gasteiger partial charge is 0.192 e. The van der Waals surface area contributed by atoms with Crippen LogP contribution in [0.2, 0.25) is 0 Å². The monoisotopic (exact) mass is 1770 g/mol. The average Bonchev–Trinajstić information content (AvgIpc) is 0.715. The molecule has 0 spiro atoms. The van der Waals surface area contributed by atoms with Crippen molar-refractivity contribution in [1.29, 1.82) is 42.1 Å². The van der Waals surface area contributed by atoms with E-state index in [1.165, 1.54) is 99.8 Å². The molecular formula is C130H96N8. The summed E-state index contributed by atoms with van der Waals surface area (Å²) < 4.78 is 0. The van der Waals surface area contributed by atoms with Crippen LogP contribution in [0.4, 0.5) is 0 Å². The van der Waals surface area contributed by atoms with Crippen LogP contribution in [0.1, 0.15) is 134 Å². The Morgan fingerprint density at radius 1 is 0.101 bits per heavy atom. The van der Waals surface area contributed by atoms with Gasteiger partial charge in [-0.1, -0.05) is 291 Å². The summed E-state index contributed by atoms with van der Waals surface area (Å²) in [6, 6.07) is 154. The van der Waals surface area contributed by atoms with E-state index >= 15 is 0 Å². The predicted octanol–water partition coefficient (Wildman–Crippen LogP) is 29.4. The van der Waals surface area contributed by atoms with Crippen LogP contribution in [0.3, 0.4) is 0 Å². The first-order chi connectivity index (χ1) is 67.9. The molecule has 0 bridgehead atoms. The Kier molecular flexibility index (Phi) is 28.4. The molecule has 0 heterocycles. The highest BCUT2D eigenvalue weighted by molar-refractivity contribution is 5.99. The summed E-state index contributed by atoms with van der Waals surface area (Å²) >= 11 is 0. The van der Waals surface area contributed by atoms with Gasteiger partial charge in [-0.2, -0.15) is 42.1 Å². The second-order valence-electron chi connectivity index (χ2n) is 35.7. The van der Waals surface area contributed by atoms with Gasteiger partial charge < -0.3 is 0 Å². The standard InChI is InChI=1S/C130H96N8/c131-81-97-17-57-113(58-18-97)105-41-1-89(2-42-105)33-73-121-122(74-34-90-3-43-106(44-4-90)114-59-19-98(82-132)20-60-114)126(78-38-94-11-51-110(52-12-94)118-67-27-102(86-136)28-68-118)130-128(80-40-96-15-55-112(56-16-96)120-71-31-104(88-138)32-72-120)124(76-36-92-7-47-108(48-8-92)116-63-23-100(84-134)24-64-116)123(75-35-91-5-45-107(46-6-91)115-61-21-99(83-133)22-62-115)127(79-39-95-13-53-111(54-14-95)119-69-29-103(87-137)30-70-119)129(130)125(121)77-37-93-9-49-109(50-10-93)117-65-25-101(85-135)26-66-117/h1-32,41-72H,33-40,73-80H2. The molecule has 0 aromatic heterocycles. The molecule has 0 saturated heterocycles. The second-order valence-corrected chi connectivity index (χ2v) is 35.7. The minimum absolute atomic E-state index is 0.614. The summed E-state index contributed by atoms with van der Waals surface area (Å²) in [4.78, 5) is 0. The number of hydrogen-bond donors (Lipinski definition) is 0. The van der Waals surface area contributed by atoms with Gasteiger partial charge in [0.2, 0.25) is 0 Å². The van der Waals surface area contributed by atoms with Crippen LogP contribution in [0, 0.1) is 90.6 Å². The number of nitriles is 8. The Labute approximate surface area is 809 Å². The van der Waals surface area contributed by atoms with Crippen molar-refractivity contribution in [2.45, 2.75) is 103 Å². The maximum atomic E-state index is 9.90. The van der Waals surface area contributed by atoms with E-state index in [2.05, 4.69) is 243 Å². The van der Waals surface area contributed by atoms with Gasteiger partial charge in [0, 0.05) is 0 Å². The Bertz CT molecular complexity index is 6830. The van der Waals surface area contributed by atoms with Gasteiger partial charge in [0.05, 0.1) is 93.1 Å². The molecule has 0 fully saturated rings. The third kappa shape index (κ3) is 21.6. The Morgan fingerprint density at radius 2 is 0.188 bits per heavy atom. The molecule has 0 aliphatic rings. The minimum Gasteiger partial charge on any atom is -0.192 e. The molecule has 18 rings (SSSR count). The number of fused-ring (bicyclic) bond motifs is 1. The summed E-state index contributed by atoms with van der Waals surface area (Å²) in [6.45, 7) is 0. The molecule has 0 unspecified atom stereocenters. The highest BCUT2D eigenvalue weighted by Crippen LogP contribution is 2.45. The van der Waals surface area contributed by atoms with E-state index in [0.29, 0.717) is 70.2 Å². The third-order valence-electron chi connectivity index (χ3n) is 27.4. The van der Waals surface area contributed by atoms with Crippen LogP contribution in [-0.4, -0.2) is 0 Å². The number of hydrogen-bond acceptors (Lipinski definition) is 8. The molecule has 8 heteroatoms.